The molecule has 0 radical (unpaired) electrons. The number of hydrogen-bond donors (Lipinski definition) is 0. The Morgan fingerprint density at radius 3 is 2.68 bits per heavy atom. The van der Waals surface area contributed by atoms with Gasteiger partial charge in [0.25, 0.3) is 11.2 Å². The zero-order chi connectivity index (χ0) is 23.8. The summed E-state index contributed by atoms with van der Waals surface area (Å²) in [4.78, 5) is 41.9. The molecule has 0 bridgehead atoms. The van der Waals surface area contributed by atoms with Crippen LogP contribution >= 0.6 is 0 Å². The lowest BCUT2D eigenvalue weighted by molar-refractivity contribution is -0.384. The predicted molar refractivity (Wildman–Crippen MR) is 121 cm³/mol. The van der Waals surface area contributed by atoms with Crippen LogP contribution < -0.4 is 11.2 Å². The molecule has 4 aromatic rings. The van der Waals surface area contributed by atoms with Gasteiger partial charge in [0.05, 0.1) is 29.6 Å². The van der Waals surface area contributed by atoms with Gasteiger partial charge in [0, 0.05) is 25.3 Å². The molecule has 10 nitrogen and oxygen atoms in total. The van der Waals surface area contributed by atoms with Crippen LogP contribution in [0.3, 0.4) is 0 Å². The third kappa shape index (κ3) is 3.90. The van der Waals surface area contributed by atoms with Crippen molar-refractivity contribution in [2.75, 3.05) is 6.61 Å². The Morgan fingerprint density at radius 2 is 1.97 bits per heavy atom. The lowest BCUT2D eigenvalue weighted by Gasteiger charge is -2.15. The van der Waals surface area contributed by atoms with E-state index in [0.717, 1.165) is 17.4 Å². The Balaban J connectivity index is 1.70. The van der Waals surface area contributed by atoms with E-state index in [1.165, 1.54) is 47.3 Å². The Morgan fingerprint density at radius 1 is 1.18 bits per heavy atom. The van der Waals surface area contributed by atoms with Crippen molar-refractivity contribution < 1.29 is 14.1 Å². The van der Waals surface area contributed by atoms with E-state index in [-0.39, 0.29) is 36.0 Å². The summed E-state index contributed by atoms with van der Waals surface area (Å²) in [7, 11) is 0. The minimum absolute atomic E-state index is 0.0686. The first-order chi connectivity index (χ1) is 16.4. The van der Waals surface area contributed by atoms with Crippen molar-refractivity contribution in [3.05, 3.63) is 97.2 Å². The van der Waals surface area contributed by atoms with E-state index in [9.17, 15) is 24.1 Å². The molecule has 0 saturated carbocycles. The minimum atomic E-state index is -0.597. The molecule has 0 aliphatic carbocycles. The zero-order valence-corrected chi connectivity index (χ0v) is 18.0. The molecule has 1 saturated heterocycles. The van der Waals surface area contributed by atoms with E-state index in [1.54, 1.807) is 16.7 Å². The third-order valence-corrected chi connectivity index (χ3v) is 5.87. The van der Waals surface area contributed by atoms with Crippen LogP contribution in [0.25, 0.3) is 16.9 Å². The molecule has 34 heavy (non-hydrogen) atoms. The maximum atomic E-state index is 13.5. The van der Waals surface area contributed by atoms with Gasteiger partial charge in [0.15, 0.2) is 11.2 Å². The molecule has 0 N–H and O–H groups in total. The number of hydrogen-bond acceptors (Lipinski definition) is 6. The van der Waals surface area contributed by atoms with Gasteiger partial charge in [0.2, 0.25) is 0 Å². The average molecular weight is 465 g/mol. The van der Waals surface area contributed by atoms with Crippen molar-refractivity contribution in [3.63, 3.8) is 0 Å². The summed E-state index contributed by atoms with van der Waals surface area (Å²) in [6, 6.07) is 11.4. The first-order valence-electron chi connectivity index (χ1n) is 10.7. The van der Waals surface area contributed by atoms with Crippen LogP contribution in [-0.4, -0.2) is 36.3 Å². The van der Waals surface area contributed by atoms with Crippen molar-refractivity contribution in [3.8, 4) is 5.69 Å². The van der Waals surface area contributed by atoms with Crippen LogP contribution in [0, 0.1) is 15.9 Å². The molecule has 174 valence electrons. The van der Waals surface area contributed by atoms with Gasteiger partial charge in [-0.3, -0.25) is 19.5 Å². The summed E-state index contributed by atoms with van der Waals surface area (Å²) < 4.78 is 23.1. The minimum Gasteiger partial charge on any atom is -0.376 e. The van der Waals surface area contributed by atoms with Gasteiger partial charge < -0.3 is 9.30 Å². The number of ether oxygens (including phenoxy) is 1. The molecule has 2 aromatic carbocycles. The lowest BCUT2D eigenvalue weighted by atomic mass is 10.2. The second-order valence-corrected chi connectivity index (χ2v) is 8.12. The van der Waals surface area contributed by atoms with E-state index in [4.69, 9.17) is 4.74 Å². The van der Waals surface area contributed by atoms with Gasteiger partial charge in [-0.2, -0.15) is 0 Å². The van der Waals surface area contributed by atoms with Crippen LogP contribution in [0.15, 0.2) is 64.4 Å². The Labute approximate surface area is 191 Å². The molecule has 2 aromatic heterocycles. The maximum Gasteiger partial charge on any atom is 0.337 e. The summed E-state index contributed by atoms with van der Waals surface area (Å²) in [5.41, 5.74) is 0.0400. The van der Waals surface area contributed by atoms with E-state index in [0.29, 0.717) is 17.9 Å². The highest BCUT2D eigenvalue weighted by Gasteiger charge is 2.23. The molecule has 1 aliphatic rings. The number of aromatic nitrogens is 4. The monoisotopic (exact) mass is 465 g/mol. The van der Waals surface area contributed by atoms with E-state index >= 15 is 0 Å². The first-order valence-corrected chi connectivity index (χ1v) is 10.7. The quantitative estimate of drug-likeness (QED) is 0.319. The van der Waals surface area contributed by atoms with Crippen molar-refractivity contribution in [1.82, 2.24) is 18.7 Å². The topological polar surface area (TPSA) is 114 Å². The van der Waals surface area contributed by atoms with Gasteiger partial charge in [-0.1, -0.05) is 12.1 Å². The fourth-order valence-electron chi connectivity index (χ4n) is 4.24. The molecule has 0 amide bonds. The van der Waals surface area contributed by atoms with Crippen molar-refractivity contribution in [2.45, 2.75) is 32.0 Å². The van der Waals surface area contributed by atoms with Gasteiger partial charge >= 0.3 is 5.69 Å². The van der Waals surface area contributed by atoms with Crippen LogP contribution in [0.4, 0.5) is 10.1 Å². The van der Waals surface area contributed by atoms with E-state index in [1.807, 2.05) is 0 Å². The van der Waals surface area contributed by atoms with Crippen LogP contribution in [-0.2, 0) is 17.8 Å². The largest absolute Gasteiger partial charge is 0.376 e. The molecule has 3 heterocycles. The number of nitro groups is 1. The SMILES string of the molecule is O=c1c2c(ncn2Cc2cccc([N+](=O)[O-])c2)n(-c2ccc(F)cc2)c(=O)n1CC1CCCO1. The first kappa shape index (κ1) is 21.7. The Bertz CT molecular complexity index is 1500. The second kappa shape index (κ2) is 8.67. The molecule has 5 rings (SSSR count). The van der Waals surface area contributed by atoms with Gasteiger partial charge in [-0.25, -0.2) is 18.7 Å². The maximum absolute atomic E-state index is 13.5. The standard InChI is InChI=1S/C23H20FN5O5/c24-16-6-8-17(9-7-16)28-21-20(22(30)27(23(28)31)13-19-5-2-10-34-19)26(14-25-21)12-15-3-1-4-18(11-15)29(32)33/h1,3-4,6-9,11,14,19H,2,5,10,12-13H2. The van der Waals surface area contributed by atoms with Gasteiger partial charge in [-0.05, 0) is 42.7 Å². The predicted octanol–water partition coefficient (Wildman–Crippen LogP) is 2.62. The number of benzene rings is 2. The fourth-order valence-corrected chi connectivity index (χ4v) is 4.24. The second-order valence-electron chi connectivity index (χ2n) is 8.12. The number of fused-ring (bicyclic) bond motifs is 1. The van der Waals surface area contributed by atoms with Crippen molar-refractivity contribution >= 4 is 16.9 Å². The summed E-state index contributed by atoms with van der Waals surface area (Å²) in [5, 5.41) is 11.2. The lowest BCUT2D eigenvalue weighted by Crippen LogP contribution is -2.42. The number of nitrogens with zero attached hydrogens (tertiary/aromatic N) is 5. The molecule has 11 heteroatoms. The van der Waals surface area contributed by atoms with E-state index < -0.39 is 22.0 Å². The number of non-ortho nitro benzene ring substituents is 1. The summed E-state index contributed by atoms with van der Waals surface area (Å²) in [5.74, 6) is -0.461. The Hall–Kier alpha value is -4.12. The molecule has 1 atom stereocenters. The molecular weight excluding hydrogens is 445 g/mol. The summed E-state index contributed by atoms with van der Waals surface area (Å²) >= 11 is 0. The smallest absolute Gasteiger partial charge is 0.337 e. The number of imidazole rings is 1. The average Bonchev–Trinajstić information content (AvgIpc) is 3.48. The number of nitro benzene ring substituents is 1. The molecule has 1 aliphatic heterocycles. The number of halogens is 1. The van der Waals surface area contributed by atoms with Gasteiger partial charge in [0.1, 0.15) is 5.82 Å². The normalized spacial score (nSPS) is 15.7. The molecule has 1 unspecified atom stereocenters. The molecule has 0 spiro atoms. The summed E-state index contributed by atoms with van der Waals surface area (Å²) in [6.07, 6.45) is 2.73. The van der Waals surface area contributed by atoms with Crippen molar-refractivity contribution in [1.29, 1.82) is 0 Å². The molecular formula is C23H20FN5O5. The van der Waals surface area contributed by atoms with Crippen molar-refractivity contribution in [2.24, 2.45) is 0 Å². The van der Waals surface area contributed by atoms with Crippen LogP contribution in [0.1, 0.15) is 18.4 Å². The summed E-state index contributed by atoms with van der Waals surface area (Å²) in [6.45, 7) is 0.782. The highest BCUT2D eigenvalue weighted by atomic mass is 19.1. The molecule has 1 fully saturated rings. The Kier molecular flexibility index (Phi) is 5.54. The van der Waals surface area contributed by atoms with Crippen LogP contribution in [0.2, 0.25) is 0 Å². The number of rotatable bonds is 6. The third-order valence-electron chi connectivity index (χ3n) is 5.87. The fraction of sp³-hybridized carbons (Fsp3) is 0.261. The highest BCUT2D eigenvalue weighted by Crippen LogP contribution is 2.19. The highest BCUT2D eigenvalue weighted by molar-refractivity contribution is 5.72. The zero-order valence-electron chi connectivity index (χ0n) is 18.0. The van der Waals surface area contributed by atoms with Gasteiger partial charge in [-0.15, -0.1) is 0 Å². The van der Waals surface area contributed by atoms with E-state index in [2.05, 4.69) is 4.98 Å². The van der Waals surface area contributed by atoms with Crippen LogP contribution in [0.5, 0.6) is 0 Å².